The highest BCUT2D eigenvalue weighted by Gasteiger charge is 2.29. The molecule has 5 nitrogen and oxygen atoms in total. The van der Waals surface area contributed by atoms with Crippen molar-refractivity contribution in [3.63, 3.8) is 0 Å². The van der Waals surface area contributed by atoms with E-state index < -0.39 is 10.2 Å². The quantitative estimate of drug-likeness (QED) is 0.719. The number of hydrogen-bond donors (Lipinski definition) is 2. The molecule has 2 N–H and O–H groups in total. The van der Waals surface area contributed by atoms with E-state index in [0.717, 1.165) is 25.8 Å². The van der Waals surface area contributed by atoms with Crippen molar-refractivity contribution in [3.8, 4) is 0 Å². The van der Waals surface area contributed by atoms with E-state index in [9.17, 15) is 8.42 Å². The van der Waals surface area contributed by atoms with Crippen LogP contribution in [0.2, 0.25) is 0 Å². The van der Waals surface area contributed by atoms with Crippen molar-refractivity contribution in [3.05, 3.63) is 0 Å². The first kappa shape index (κ1) is 18.9. The first-order valence-electron chi connectivity index (χ1n) is 8.27. The molecule has 0 amide bonds. The van der Waals surface area contributed by atoms with Crippen molar-refractivity contribution in [1.29, 1.82) is 0 Å². The molecule has 0 aromatic rings. The standard InChI is InChI=1S/C15H33N3O2S/c1-6-13(4)14(5)17-21(19,20)18-9-7-15(8-10-18)11-16-12(2)3/h12-17H,6-11H2,1-5H3. The van der Waals surface area contributed by atoms with E-state index in [1.807, 2.05) is 6.92 Å². The van der Waals surface area contributed by atoms with Gasteiger partial charge in [-0.25, -0.2) is 0 Å². The van der Waals surface area contributed by atoms with Crippen molar-refractivity contribution in [2.75, 3.05) is 19.6 Å². The molecule has 21 heavy (non-hydrogen) atoms. The molecule has 0 aromatic carbocycles. The fourth-order valence-corrected chi connectivity index (χ4v) is 4.08. The van der Waals surface area contributed by atoms with E-state index in [2.05, 4.69) is 37.7 Å². The zero-order valence-electron chi connectivity index (χ0n) is 14.2. The molecule has 2 atom stereocenters. The predicted octanol–water partition coefficient (Wildman–Crippen LogP) is 1.97. The van der Waals surface area contributed by atoms with Gasteiger partial charge in [0.25, 0.3) is 10.2 Å². The van der Waals surface area contributed by atoms with Crippen molar-refractivity contribution in [1.82, 2.24) is 14.3 Å². The van der Waals surface area contributed by atoms with Gasteiger partial charge in [-0.3, -0.25) is 0 Å². The molecule has 2 unspecified atom stereocenters. The van der Waals surface area contributed by atoms with E-state index in [-0.39, 0.29) is 6.04 Å². The molecule has 0 bridgehead atoms. The van der Waals surface area contributed by atoms with Crippen molar-refractivity contribution < 1.29 is 8.42 Å². The Morgan fingerprint density at radius 2 is 1.71 bits per heavy atom. The Morgan fingerprint density at radius 3 is 2.19 bits per heavy atom. The van der Waals surface area contributed by atoms with Gasteiger partial charge in [0.05, 0.1) is 0 Å². The summed E-state index contributed by atoms with van der Waals surface area (Å²) in [4.78, 5) is 0. The van der Waals surface area contributed by atoms with Crippen LogP contribution in [0.4, 0.5) is 0 Å². The van der Waals surface area contributed by atoms with Gasteiger partial charge in [-0.1, -0.05) is 34.1 Å². The Bertz CT molecular complexity index is 390. The molecule has 1 saturated heterocycles. The van der Waals surface area contributed by atoms with Crippen LogP contribution in [0.25, 0.3) is 0 Å². The second-order valence-corrected chi connectivity index (χ2v) is 8.40. The van der Waals surface area contributed by atoms with Crippen LogP contribution < -0.4 is 10.0 Å². The molecule has 1 fully saturated rings. The maximum Gasteiger partial charge on any atom is 0.279 e. The van der Waals surface area contributed by atoms with Crippen molar-refractivity contribution >= 4 is 10.2 Å². The smallest absolute Gasteiger partial charge is 0.279 e. The lowest BCUT2D eigenvalue weighted by Crippen LogP contribution is -2.49. The van der Waals surface area contributed by atoms with Gasteiger partial charge in [-0.2, -0.15) is 17.4 Å². The van der Waals surface area contributed by atoms with Crippen LogP contribution in [-0.2, 0) is 10.2 Å². The molecule has 0 spiro atoms. The van der Waals surface area contributed by atoms with Crippen LogP contribution in [0.1, 0.15) is 53.9 Å². The molecular formula is C15H33N3O2S. The van der Waals surface area contributed by atoms with Gasteiger partial charge >= 0.3 is 0 Å². The lowest BCUT2D eigenvalue weighted by atomic mass is 9.98. The number of nitrogens with one attached hydrogen (secondary N) is 2. The highest BCUT2D eigenvalue weighted by molar-refractivity contribution is 7.87. The van der Waals surface area contributed by atoms with E-state index in [1.165, 1.54) is 0 Å². The fourth-order valence-electron chi connectivity index (χ4n) is 2.54. The van der Waals surface area contributed by atoms with Crippen molar-refractivity contribution in [2.24, 2.45) is 11.8 Å². The third-order valence-corrected chi connectivity index (χ3v) is 6.28. The molecule has 0 aromatic heterocycles. The predicted molar refractivity (Wildman–Crippen MR) is 88.4 cm³/mol. The van der Waals surface area contributed by atoms with Crippen LogP contribution in [0, 0.1) is 11.8 Å². The lowest BCUT2D eigenvalue weighted by Gasteiger charge is -2.33. The van der Waals surface area contributed by atoms with E-state index in [0.29, 0.717) is 31.0 Å². The molecule has 6 heteroatoms. The Hall–Kier alpha value is -0.170. The molecule has 1 heterocycles. The molecule has 126 valence electrons. The Balaban J connectivity index is 2.45. The average Bonchev–Trinajstić information content (AvgIpc) is 2.44. The maximum atomic E-state index is 12.4. The monoisotopic (exact) mass is 319 g/mol. The zero-order valence-corrected chi connectivity index (χ0v) is 15.0. The van der Waals surface area contributed by atoms with Gasteiger partial charge in [0.2, 0.25) is 0 Å². The van der Waals surface area contributed by atoms with Crippen LogP contribution in [0.15, 0.2) is 0 Å². The summed E-state index contributed by atoms with van der Waals surface area (Å²) < 4.78 is 29.2. The molecule has 1 rings (SSSR count). The second kappa shape index (κ2) is 8.46. The summed E-state index contributed by atoms with van der Waals surface area (Å²) in [7, 11) is -3.33. The topological polar surface area (TPSA) is 61.4 Å². The number of piperidine rings is 1. The van der Waals surface area contributed by atoms with Gasteiger partial charge in [-0.05, 0) is 38.1 Å². The summed E-state index contributed by atoms with van der Waals surface area (Å²) >= 11 is 0. The van der Waals surface area contributed by atoms with Gasteiger partial charge in [0.15, 0.2) is 0 Å². The van der Waals surface area contributed by atoms with Crippen LogP contribution in [-0.4, -0.2) is 44.4 Å². The minimum Gasteiger partial charge on any atom is -0.314 e. The van der Waals surface area contributed by atoms with E-state index >= 15 is 0 Å². The van der Waals surface area contributed by atoms with Crippen molar-refractivity contribution in [2.45, 2.75) is 66.0 Å². The Labute approximate surface area is 131 Å². The Morgan fingerprint density at radius 1 is 1.14 bits per heavy atom. The van der Waals surface area contributed by atoms with Gasteiger partial charge < -0.3 is 5.32 Å². The second-order valence-electron chi connectivity index (χ2n) is 6.70. The number of nitrogens with zero attached hydrogens (tertiary/aromatic N) is 1. The zero-order chi connectivity index (χ0) is 16.0. The summed E-state index contributed by atoms with van der Waals surface area (Å²) in [6.07, 6.45) is 2.86. The summed E-state index contributed by atoms with van der Waals surface area (Å²) in [6.45, 7) is 12.6. The molecule has 0 saturated carbocycles. The summed E-state index contributed by atoms with van der Waals surface area (Å²) in [5, 5.41) is 3.44. The van der Waals surface area contributed by atoms with Gasteiger partial charge in [-0.15, -0.1) is 0 Å². The highest BCUT2D eigenvalue weighted by Crippen LogP contribution is 2.19. The minimum absolute atomic E-state index is 0.0136. The first-order chi connectivity index (χ1) is 9.76. The minimum atomic E-state index is -3.33. The van der Waals surface area contributed by atoms with Crippen LogP contribution in [0.5, 0.6) is 0 Å². The summed E-state index contributed by atoms with van der Waals surface area (Å²) in [5.41, 5.74) is 0. The van der Waals surface area contributed by atoms with E-state index in [4.69, 9.17) is 0 Å². The maximum absolute atomic E-state index is 12.4. The number of rotatable bonds is 8. The molecular weight excluding hydrogens is 286 g/mol. The molecule has 0 aliphatic carbocycles. The average molecular weight is 320 g/mol. The molecule has 0 radical (unpaired) electrons. The largest absolute Gasteiger partial charge is 0.314 e. The van der Waals surface area contributed by atoms with Crippen LogP contribution in [0.3, 0.4) is 0 Å². The first-order valence-corrected chi connectivity index (χ1v) is 9.71. The van der Waals surface area contributed by atoms with Gasteiger partial charge in [0, 0.05) is 25.2 Å². The normalized spacial score (nSPS) is 21.6. The summed E-state index contributed by atoms with van der Waals surface area (Å²) in [6, 6.07) is 0.477. The molecule has 1 aliphatic rings. The van der Waals surface area contributed by atoms with Gasteiger partial charge in [0.1, 0.15) is 0 Å². The van der Waals surface area contributed by atoms with E-state index in [1.54, 1.807) is 4.31 Å². The lowest BCUT2D eigenvalue weighted by molar-refractivity contribution is 0.259. The van der Waals surface area contributed by atoms with Crippen LogP contribution >= 0.6 is 0 Å². The third kappa shape index (κ3) is 6.22. The number of hydrogen-bond acceptors (Lipinski definition) is 3. The molecule has 1 aliphatic heterocycles. The highest BCUT2D eigenvalue weighted by atomic mass is 32.2. The third-order valence-electron chi connectivity index (χ3n) is 4.56. The summed E-state index contributed by atoms with van der Waals surface area (Å²) in [5.74, 6) is 0.943. The SMILES string of the molecule is CCC(C)C(C)NS(=O)(=O)N1CCC(CNC(C)C)CC1. The fraction of sp³-hybridized carbons (Fsp3) is 1.00. The Kier molecular flexibility index (Phi) is 7.60.